The number of hydrogen-bond acceptors (Lipinski definition) is 9. The normalized spacial score (nSPS) is 11.3. The Kier molecular flexibility index (Phi) is 13.3. The number of unbranched alkanes of at least 4 members (excludes halogenated alkanes) is 1. The molecule has 0 bridgehead atoms. The van der Waals surface area contributed by atoms with Gasteiger partial charge in [0.1, 0.15) is 0 Å². The van der Waals surface area contributed by atoms with E-state index in [1.165, 1.54) is 0 Å². The van der Waals surface area contributed by atoms with E-state index in [-0.39, 0.29) is 44.9 Å². The smallest absolute Gasteiger partial charge is 0.220 e. The molecule has 195 valence electrons. The third-order valence-electron chi connectivity index (χ3n) is 5.28. The maximum atomic E-state index is 12.2. The van der Waals surface area contributed by atoms with E-state index in [9.17, 15) is 13.2 Å². The summed E-state index contributed by atoms with van der Waals surface area (Å²) in [6.45, 7) is 2.92. The largest absolute Gasteiger partial charge is 0.356 e. The Balaban J connectivity index is 0.00000456. The molecule has 0 spiro atoms. The quantitative estimate of drug-likeness (QED) is 0.228. The molecule has 0 aliphatic heterocycles. The van der Waals surface area contributed by atoms with Crippen molar-refractivity contribution in [3.05, 3.63) is 70.8 Å². The van der Waals surface area contributed by atoms with Gasteiger partial charge in [-0.3, -0.25) is 19.7 Å². The number of nitrogens with zero attached hydrogens (tertiary/aromatic N) is 5. The van der Waals surface area contributed by atoms with Gasteiger partial charge in [-0.1, -0.05) is 16.6 Å². The van der Waals surface area contributed by atoms with E-state index < -0.39 is 10.0 Å². The summed E-state index contributed by atoms with van der Waals surface area (Å²) in [5, 5.41) is 12.0. The van der Waals surface area contributed by atoms with Crippen LogP contribution < -0.4 is 10.5 Å². The number of sulfonamides is 1. The molecule has 3 rings (SSSR count). The van der Waals surface area contributed by atoms with Gasteiger partial charge in [-0.15, -0.1) is 5.10 Å². The fourth-order valence-corrected chi connectivity index (χ4v) is 4.80. The zero-order valence-corrected chi connectivity index (χ0v) is 24.3. The summed E-state index contributed by atoms with van der Waals surface area (Å²) in [5.41, 5.74) is 2.68. The number of nitrogens with one attached hydrogen (secondary N) is 1. The van der Waals surface area contributed by atoms with Crippen molar-refractivity contribution in [1.29, 1.82) is 0 Å². The zero-order valence-electron chi connectivity index (χ0n) is 19.9. The second-order valence-corrected chi connectivity index (χ2v) is 10.7. The van der Waals surface area contributed by atoms with E-state index in [0.29, 0.717) is 18.7 Å². The van der Waals surface area contributed by atoms with Crippen LogP contribution in [0.2, 0.25) is 0 Å². The summed E-state index contributed by atoms with van der Waals surface area (Å²) in [6, 6.07) is 11.8. The number of rotatable bonds is 15. The number of carbonyl (C=O) groups excluding carboxylic acids is 1. The van der Waals surface area contributed by atoms with E-state index in [4.69, 9.17) is 5.14 Å². The van der Waals surface area contributed by atoms with Gasteiger partial charge in [-0.05, 0) is 55.2 Å². The van der Waals surface area contributed by atoms with E-state index in [2.05, 4.69) is 29.8 Å². The monoisotopic (exact) mass is 704 g/mol. The van der Waals surface area contributed by atoms with E-state index in [0.717, 1.165) is 60.3 Å². The molecule has 13 heteroatoms. The maximum absolute atomic E-state index is 12.2. The minimum absolute atomic E-state index is 0. The van der Waals surface area contributed by atoms with Gasteiger partial charge in [0.25, 0.3) is 0 Å². The predicted octanol–water partition coefficient (Wildman–Crippen LogP) is 1.69. The van der Waals surface area contributed by atoms with Crippen LogP contribution in [0.25, 0.3) is 0 Å². The van der Waals surface area contributed by atoms with Crippen LogP contribution >= 0.6 is 11.5 Å². The minimum atomic E-state index is -3.55. The van der Waals surface area contributed by atoms with Crippen molar-refractivity contribution in [2.75, 3.05) is 18.8 Å². The van der Waals surface area contributed by atoms with Gasteiger partial charge >= 0.3 is 0 Å². The molecule has 0 unspecified atom stereocenters. The Morgan fingerprint density at radius 3 is 2.25 bits per heavy atom. The molecule has 36 heavy (non-hydrogen) atoms. The first kappa shape index (κ1) is 30.1. The van der Waals surface area contributed by atoms with Crippen molar-refractivity contribution in [3.63, 3.8) is 0 Å². The molecular formula is C23H31N7O3ReS2. The first-order chi connectivity index (χ1) is 16.9. The second kappa shape index (κ2) is 15.9. The van der Waals surface area contributed by atoms with E-state index >= 15 is 0 Å². The van der Waals surface area contributed by atoms with Crippen molar-refractivity contribution in [2.24, 2.45) is 5.14 Å². The molecule has 0 fully saturated rings. The van der Waals surface area contributed by atoms with Crippen LogP contribution in [0.4, 0.5) is 0 Å². The van der Waals surface area contributed by atoms with Crippen LogP contribution in [0.1, 0.15) is 41.2 Å². The number of nitrogens with two attached hydrogens (primary N) is 1. The summed E-state index contributed by atoms with van der Waals surface area (Å²) in [7, 11) is -3.55. The van der Waals surface area contributed by atoms with Crippen LogP contribution in [0.3, 0.4) is 0 Å². The third-order valence-corrected chi connectivity index (χ3v) is 6.88. The molecule has 3 heterocycles. The van der Waals surface area contributed by atoms with Gasteiger partial charge < -0.3 is 5.32 Å². The summed E-state index contributed by atoms with van der Waals surface area (Å²) in [6.07, 6.45) is 6.34. The molecule has 1 radical (unpaired) electrons. The number of pyridine rings is 2. The van der Waals surface area contributed by atoms with Gasteiger partial charge in [0.2, 0.25) is 15.9 Å². The van der Waals surface area contributed by atoms with Crippen LogP contribution in [0.5, 0.6) is 0 Å². The van der Waals surface area contributed by atoms with Crippen LogP contribution in [0, 0.1) is 0 Å². The summed E-state index contributed by atoms with van der Waals surface area (Å²) in [4.78, 5) is 24.2. The van der Waals surface area contributed by atoms with Crippen molar-refractivity contribution >= 4 is 27.5 Å². The van der Waals surface area contributed by atoms with Crippen LogP contribution in [0.15, 0.2) is 48.8 Å². The Bertz CT molecular complexity index is 1110. The molecule has 3 aromatic heterocycles. The number of aryl methyl sites for hydroxylation is 2. The van der Waals surface area contributed by atoms with E-state index in [1.807, 2.05) is 36.4 Å². The second-order valence-electron chi connectivity index (χ2n) is 8.17. The summed E-state index contributed by atoms with van der Waals surface area (Å²) in [5.74, 6) is -0.220. The van der Waals surface area contributed by atoms with Crippen molar-refractivity contribution in [2.45, 2.75) is 45.2 Å². The van der Waals surface area contributed by atoms with Gasteiger partial charge in [-0.2, -0.15) is 0 Å². The predicted molar refractivity (Wildman–Crippen MR) is 135 cm³/mol. The third kappa shape index (κ3) is 11.7. The minimum Gasteiger partial charge on any atom is -0.356 e. The molecule has 3 aromatic rings. The molecule has 3 N–H and O–H groups in total. The maximum Gasteiger partial charge on any atom is 0.220 e. The average molecular weight is 704 g/mol. The standard InChI is InChI=1S/C23H31N7O3S2.Re/c24-35(32,33)16-11-22-21(28-29-34-22)9-10-23(31)27-14-5-6-15-30(17-19-7-1-3-12-25-19)18-20-8-2-4-13-26-20;/h1-4,7-8,12-13H,5-6,9-11,14-18H2,(H,27,31)(H2,24,32,33);. The molecule has 0 atom stereocenters. The molecule has 1 amide bonds. The number of aromatic nitrogens is 4. The van der Waals surface area contributed by atoms with Crippen molar-refractivity contribution in [3.8, 4) is 0 Å². The molecule has 0 saturated heterocycles. The summed E-state index contributed by atoms with van der Waals surface area (Å²) < 4.78 is 26.2. The van der Waals surface area contributed by atoms with Gasteiger partial charge in [0.15, 0.2) is 0 Å². The molecule has 10 nitrogen and oxygen atoms in total. The van der Waals surface area contributed by atoms with Crippen molar-refractivity contribution < 1.29 is 33.6 Å². The molecule has 0 saturated carbocycles. The Morgan fingerprint density at radius 2 is 1.67 bits per heavy atom. The Morgan fingerprint density at radius 1 is 1.00 bits per heavy atom. The number of amides is 1. The number of carbonyl (C=O) groups is 1. The van der Waals surface area contributed by atoms with Gasteiger partial charge in [-0.25, -0.2) is 13.6 Å². The first-order valence-corrected chi connectivity index (χ1v) is 14.0. The Labute approximate surface area is 230 Å². The Hall–Kier alpha value is -2.14. The zero-order chi connectivity index (χ0) is 24.9. The number of hydrogen-bond donors (Lipinski definition) is 2. The van der Waals surface area contributed by atoms with Crippen LogP contribution in [-0.4, -0.2) is 57.6 Å². The molecular weight excluding hydrogens is 673 g/mol. The first-order valence-electron chi connectivity index (χ1n) is 11.5. The van der Waals surface area contributed by atoms with Crippen LogP contribution in [-0.2, 0) is 61.2 Å². The summed E-state index contributed by atoms with van der Waals surface area (Å²) >= 11 is 1.14. The average Bonchev–Trinajstić information content (AvgIpc) is 3.29. The SMILES string of the molecule is NS(=O)(=O)CCc1snnc1CCC(=O)NCCCCN(Cc1ccccn1)Cc1ccccn1.[Re]. The molecule has 0 aromatic carbocycles. The molecule has 0 aliphatic rings. The molecule has 0 aliphatic carbocycles. The van der Waals surface area contributed by atoms with E-state index in [1.54, 1.807) is 12.4 Å². The van der Waals surface area contributed by atoms with Gasteiger partial charge in [0, 0.05) is 76.6 Å². The fourth-order valence-electron chi connectivity index (χ4n) is 3.51. The number of primary sulfonamides is 1. The fraction of sp³-hybridized carbons (Fsp3) is 0.435. The van der Waals surface area contributed by atoms with Crippen molar-refractivity contribution in [1.82, 2.24) is 29.8 Å². The van der Waals surface area contributed by atoms with Gasteiger partial charge in [0.05, 0.1) is 22.8 Å². The topological polar surface area (TPSA) is 144 Å².